The van der Waals surface area contributed by atoms with Crippen LogP contribution in [0.15, 0.2) is 158 Å². The third kappa shape index (κ3) is 4.34. The largest absolute Gasteiger partial charge is 0.248 e. The van der Waals surface area contributed by atoms with E-state index < -0.39 is 0 Å². The third-order valence-corrected chi connectivity index (χ3v) is 9.06. The minimum Gasteiger partial charge on any atom is -0.248 e. The predicted molar refractivity (Wildman–Crippen MR) is 187 cm³/mol. The lowest BCUT2D eigenvalue weighted by molar-refractivity contribution is 1.27. The van der Waals surface area contributed by atoms with Crippen molar-refractivity contribution in [3.63, 3.8) is 0 Å². The van der Waals surface area contributed by atoms with Crippen molar-refractivity contribution in [3.05, 3.63) is 169 Å². The Morgan fingerprint density at radius 1 is 0.400 bits per heavy atom. The zero-order valence-electron chi connectivity index (χ0n) is 24.6. The third-order valence-electron chi connectivity index (χ3n) is 9.06. The maximum atomic E-state index is 5.38. The van der Waals surface area contributed by atoms with E-state index in [2.05, 4.69) is 146 Å². The lowest BCUT2D eigenvalue weighted by Crippen LogP contribution is -1.94. The fourth-order valence-corrected chi connectivity index (χ4v) is 6.94. The van der Waals surface area contributed by atoms with Crippen LogP contribution in [-0.2, 0) is 6.42 Å². The van der Waals surface area contributed by atoms with Gasteiger partial charge in [-0.15, -0.1) is 0 Å². The first-order chi connectivity index (χ1) is 22.3. The highest BCUT2D eigenvalue weighted by atomic mass is 14.7. The molecule has 0 fully saturated rings. The van der Waals surface area contributed by atoms with E-state index in [1.165, 1.54) is 38.4 Å². The Hall–Kier alpha value is -5.86. The number of hydrogen-bond donors (Lipinski definition) is 0. The van der Waals surface area contributed by atoms with Gasteiger partial charge in [0.25, 0.3) is 0 Å². The number of benzene rings is 6. The average molecular weight is 573 g/mol. The van der Waals surface area contributed by atoms with Crippen LogP contribution in [0.5, 0.6) is 0 Å². The quantitative estimate of drug-likeness (QED) is 0.196. The first-order valence-electron chi connectivity index (χ1n) is 15.5. The minimum atomic E-state index is 0.954. The summed E-state index contributed by atoms with van der Waals surface area (Å²) in [4.78, 5) is 10.5. The molecule has 2 heterocycles. The second-order valence-corrected chi connectivity index (χ2v) is 11.8. The normalized spacial score (nSPS) is 11.9. The van der Waals surface area contributed by atoms with Crippen molar-refractivity contribution < 1.29 is 0 Å². The van der Waals surface area contributed by atoms with Gasteiger partial charge in [-0.05, 0) is 69.5 Å². The maximum Gasteiger partial charge on any atom is 0.0794 e. The highest BCUT2D eigenvalue weighted by Crippen LogP contribution is 2.46. The Morgan fingerprint density at radius 3 is 1.82 bits per heavy atom. The second-order valence-electron chi connectivity index (χ2n) is 11.8. The number of pyridine rings is 2. The van der Waals surface area contributed by atoms with Crippen LogP contribution in [0.2, 0.25) is 0 Å². The maximum absolute atomic E-state index is 5.38. The Balaban J connectivity index is 1.29. The molecule has 0 aliphatic heterocycles. The monoisotopic (exact) mass is 572 g/mol. The number of fused-ring (bicyclic) bond motifs is 7. The van der Waals surface area contributed by atoms with E-state index in [0.717, 1.165) is 56.8 Å². The van der Waals surface area contributed by atoms with E-state index in [9.17, 15) is 0 Å². The Kier molecular flexibility index (Phi) is 5.92. The van der Waals surface area contributed by atoms with Crippen molar-refractivity contribution in [2.24, 2.45) is 0 Å². The number of nitrogens with zero attached hydrogens (tertiary/aromatic N) is 2. The highest BCUT2D eigenvalue weighted by Gasteiger charge is 2.24. The standard InChI is InChI=1S/C43H28N2/c1-3-12-28(13-4-1)39-26-34(27-40(44-39)29-14-5-2-6-15-29)30-17-11-18-33(24-30)43-42-37(36-20-9-10-21-38(36)45-43)23-22-32-25-31-16-7-8-19-35(31)41(32)42/h1-24,26-27H,25H2. The molecule has 0 spiro atoms. The van der Waals surface area contributed by atoms with Gasteiger partial charge < -0.3 is 0 Å². The summed E-state index contributed by atoms with van der Waals surface area (Å²) in [5, 5.41) is 3.67. The molecule has 0 amide bonds. The number of hydrogen-bond acceptors (Lipinski definition) is 2. The van der Waals surface area contributed by atoms with Crippen LogP contribution in [0, 0.1) is 0 Å². The molecule has 45 heavy (non-hydrogen) atoms. The van der Waals surface area contributed by atoms with Crippen molar-refractivity contribution in [1.82, 2.24) is 9.97 Å². The van der Waals surface area contributed by atoms with E-state index in [-0.39, 0.29) is 0 Å². The molecule has 0 unspecified atom stereocenters. The summed E-state index contributed by atoms with van der Waals surface area (Å²) < 4.78 is 0. The zero-order chi connectivity index (χ0) is 29.7. The molecular weight excluding hydrogens is 544 g/mol. The van der Waals surface area contributed by atoms with Gasteiger partial charge in [0.05, 0.1) is 22.6 Å². The van der Waals surface area contributed by atoms with Gasteiger partial charge in [0.2, 0.25) is 0 Å². The van der Waals surface area contributed by atoms with Gasteiger partial charge in [-0.25, -0.2) is 9.97 Å². The summed E-state index contributed by atoms with van der Waals surface area (Å²) in [7, 11) is 0. The van der Waals surface area contributed by atoms with E-state index in [1.807, 2.05) is 12.1 Å². The van der Waals surface area contributed by atoms with Crippen molar-refractivity contribution in [3.8, 4) is 56.0 Å². The van der Waals surface area contributed by atoms with Crippen molar-refractivity contribution in [1.29, 1.82) is 0 Å². The van der Waals surface area contributed by atoms with Crippen LogP contribution < -0.4 is 0 Å². The van der Waals surface area contributed by atoms with Crippen molar-refractivity contribution in [2.45, 2.75) is 6.42 Å². The summed E-state index contributed by atoms with van der Waals surface area (Å²) in [6, 6.07) is 56.1. The summed E-state index contributed by atoms with van der Waals surface area (Å²) in [6.45, 7) is 0. The molecule has 210 valence electrons. The van der Waals surface area contributed by atoms with E-state index >= 15 is 0 Å². The van der Waals surface area contributed by atoms with Crippen LogP contribution in [0.4, 0.5) is 0 Å². The molecule has 0 saturated carbocycles. The van der Waals surface area contributed by atoms with Gasteiger partial charge in [0, 0.05) is 27.5 Å². The Morgan fingerprint density at radius 2 is 1.04 bits per heavy atom. The van der Waals surface area contributed by atoms with Gasteiger partial charge >= 0.3 is 0 Å². The van der Waals surface area contributed by atoms with Gasteiger partial charge in [-0.2, -0.15) is 0 Å². The van der Waals surface area contributed by atoms with Gasteiger partial charge in [-0.1, -0.05) is 133 Å². The fraction of sp³-hybridized carbons (Fsp3) is 0.0233. The predicted octanol–water partition coefficient (Wildman–Crippen LogP) is 11.0. The van der Waals surface area contributed by atoms with Crippen LogP contribution in [-0.4, -0.2) is 9.97 Å². The smallest absolute Gasteiger partial charge is 0.0794 e. The van der Waals surface area contributed by atoms with Crippen molar-refractivity contribution in [2.75, 3.05) is 0 Å². The summed E-state index contributed by atoms with van der Waals surface area (Å²) in [6.07, 6.45) is 0.954. The summed E-state index contributed by atoms with van der Waals surface area (Å²) >= 11 is 0. The molecule has 8 aromatic rings. The summed E-state index contributed by atoms with van der Waals surface area (Å²) in [5.41, 5.74) is 14.9. The number of aromatic nitrogens is 2. The molecule has 0 bridgehead atoms. The van der Waals surface area contributed by atoms with Gasteiger partial charge in [-0.3, -0.25) is 0 Å². The molecule has 0 saturated heterocycles. The van der Waals surface area contributed by atoms with Crippen molar-refractivity contribution >= 4 is 21.7 Å². The highest BCUT2D eigenvalue weighted by molar-refractivity contribution is 6.17. The van der Waals surface area contributed by atoms with Crippen LogP contribution in [0.3, 0.4) is 0 Å². The van der Waals surface area contributed by atoms with E-state index in [0.29, 0.717) is 0 Å². The molecule has 2 heteroatoms. The Bertz CT molecular complexity index is 2330. The first kappa shape index (κ1) is 25.6. The lowest BCUT2D eigenvalue weighted by atomic mass is 9.91. The molecule has 0 radical (unpaired) electrons. The van der Waals surface area contributed by atoms with E-state index in [1.54, 1.807) is 0 Å². The SMILES string of the molecule is c1ccc(-c2cc(-c3cccc(-c4nc5ccccc5c5ccc6c(c45)-c4ccccc4C6)c3)cc(-c3ccccc3)n2)cc1. The van der Waals surface area contributed by atoms with E-state index in [4.69, 9.17) is 9.97 Å². The summed E-state index contributed by atoms with van der Waals surface area (Å²) in [5.74, 6) is 0. The molecule has 2 nitrogen and oxygen atoms in total. The molecule has 2 aromatic heterocycles. The molecule has 1 aliphatic rings. The molecule has 6 aromatic carbocycles. The van der Waals surface area contributed by atoms with Gasteiger partial charge in [0.1, 0.15) is 0 Å². The second kappa shape index (κ2) is 10.4. The van der Waals surface area contributed by atoms with Crippen LogP contribution in [0.1, 0.15) is 11.1 Å². The zero-order valence-corrected chi connectivity index (χ0v) is 24.6. The number of para-hydroxylation sites is 1. The van der Waals surface area contributed by atoms with Gasteiger partial charge in [0.15, 0.2) is 0 Å². The molecule has 0 atom stereocenters. The van der Waals surface area contributed by atoms with Crippen LogP contribution >= 0.6 is 0 Å². The molecule has 0 N–H and O–H groups in total. The Labute approximate surface area is 262 Å². The topological polar surface area (TPSA) is 25.8 Å². The minimum absolute atomic E-state index is 0.954. The molecule has 9 rings (SSSR count). The fourth-order valence-electron chi connectivity index (χ4n) is 6.94. The van der Waals surface area contributed by atoms with Crippen LogP contribution in [0.25, 0.3) is 77.7 Å². The average Bonchev–Trinajstić information content (AvgIpc) is 3.51. The molecular formula is C43H28N2. The lowest BCUT2D eigenvalue weighted by Gasteiger charge is -2.16. The first-order valence-corrected chi connectivity index (χ1v) is 15.5. The molecule has 1 aliphatic carbocycles. The number of rotatable bonds is 4.